The lowest BCUT2D eigenvalue weighted by molar-refractivity contribution is -0.117. The molecule has 0 bridgehead atoms. The molecule has 162 valence electrons. The molecule has 0 aliphatic carbocycles. The maximum Gasteiger partial charge on any atom is 0.245 e. The van der Waals surface area contributed by atoms with Gasteiger partial charge in [-0.2, -0.15) is 4.72 Å². The first kappa shape index (κ1) is 22.8. The molecule has 31 heavy (non-hydrogen) atoms. The SMILES string of the molecule is COc1ccc(Cl)cc1S(=O)(=O)NC(Cc1ccccc1)C(=O)Nc1ccc(C)cc1. The molecule has 3 aromatic rings. The molecule has 0 heterocycles. The van der Waals surface area contributed by atoms with Crippen LogP contribution in [0.3, 0.4) is 0 Å². The molecule has 1 atom stereocenters. The highest BCUT2D eigenvalue weighted by Gasteiger charge is 2.28. The minimum absolute atomic E-state index is 0.134. The van der Waals surface area contributed by atoms with Gasteiger partial charge >= 0.3 is 0 Å². The number of halogens is 1. The van der Waals surface area contributed by atoms with Crippen LogP contribution in [0, 0.1) is 6.92 Å². The maximum absolute atomic E-state index is 13.1. The Hall–Kier alpha value is -2.87. The quantitative estimate of drug-likeness (QED) is 0.530. The second-order valence-corrected chi connectivity index (χ2v) is 9.13. The van der Waals surface area contributed by atoms with E-state index >= 15 is 0 Å². The van der Waals surface area contributed by atoms with Crippen molar-refractivity contribution in [3.63, 3.8) is 0 Å². The monoisotopic (exact) mass is 458 g/mol. The summed E-state index contributed by atoms with van der Waals surface area (Å²) in [5.74, 6) is -0.341. The first-order chi connectivity index (χ1) is 14.8. The fraction of sp³-hybridized carbons (Fsp3) is 0.174. The number of anilines is 1. The van der Waals surface area contributed by atoms with Gasteiger partial charge in [0.1, 0.15) is 16.7 Å². The molecule has 6 nitrogen and oxygen atoms in total. The molecular formula is C23H23ClN2O4S. The summed E-state index contributed by atoms with van der Waals surface area (Å²) in [6, 6.07) is 19.7. The number of methoxy groups -OCH3 is 1. The Morgan fingerprint density at radius 2 is 1.71 bits per heavy atom. The Kier molecular flexibility index (Phi) is 7.33. The van der Waals surface area contributed by atoms with Crippen LogP contribution in [0.15, 0.2) is 77.7 Å². The van der Waals surface area contributed by atoms with E-state index in [2.05, 4.69) is 10.0 Å². The summed E-state index contributed by atoms with van der Waals surface area (Å²) in [4.78, 5) is 12.9. The van der Waals surface area contributed by atoms with Crippen LogP contribution >= 0.6 is 11.6 Å². The lowest BCUT2D eigenvalue weighted by atomic mass is 10.1. The van der Waals surface area contributed by atoms with Crippen LogP contribution < -0.4 is 14.8 Å². The van der Waals surface area contributed by atoms with Crippen molar-refractivity contribution >= 4 is 33.2 Å². The Morgan fingerprint density at radius 1 is 1.03 bits per heavy atom. The van der Waals surface area contributed by atoms with Crippen LogP contribution in [-0.2, 0) is 21.2 Å². The number of hydrogen-bond donors (Lipinski definition) is 2. The Balaban J connectivity index is 1.91. The summed E-state index contributed by atoms with van der Waals surface area (Å²) in [6.45, 7) is 1.94. The predicted octanol–water partition coefficient (Wildman–Crippen LogP) is 4.19. The number of carbonyl (C=O) groups excluding carboxylic acids is 1. The van der Waals surface area contributed by atoms with Gasteiger partial charge in [0.05, 0.1) is 7.11 Å². The van der Waals surface area contributed by atoms with E-state index in [1.54, 1.807) is 12.1 Å². The summed E-state index contributed by atoms with van der Waals surface area (Å²) in [7, 11) is -2.74. The molecule has 8 heteroatoms. The van der Waals surface area contributed by atoms with Crippen molar-refractivity contribution in [3.05, 3.63) is 88.9 Å². The van der Waals surface area contributed by atoms with Crippen molar-refractivity contribution in [2.75, 3.05) is 12.4 Å². The van der Waals surface area contributed by atoms with Gasteiger partial charge in [0.25, 0.3) is 0 Å². The van der Waals surface area contributed by atoms with Crippen LogP contribution in [0.1, 0.15) is 11.1 Å². The number of amides is 1. The van der Waals surface area contributed by atoms with Crippen molar-refractivity contribution in [1.29, 1.82) is 0 Å². The molecular weight excluding hydrogens is 436 g/mol. The highest BCUT2D eigenvalue weighted by atomic mass is 35.5. The van der Waals surface area contributed by atoms with Crippen LogP contribution in [-0.4, -0.2) is 27.5 Å². The largest absolute Gasteiger partial charge is 0.495 e. The van der Waals surface area contributed by atoms with Crippen molar-refractivity contribution in [2.45, 2.75) is 24.3 Å². The van der Waals surface area contributed by atoms with Gasteiger partial charge in [-0.1, -0.05) is 59.6 Å². The standard InChI is InChI=1S/C23H23ClN2O4S/c1-16-8-11-19(12-9-16)25-23(27)20(14-17-6-4-3-5-7-17)26-31(28,29)22-15-18(24)10-13-21(22)30-2/h3-13,15,20,26H,14H2,1-2H3,(H,25,27). The third-order valence-electron chi connectivity index (χ3n) is 4.63. The van der Waals surface area contributed by atoms with Gasteiger partial charge in [-0.25, -0.2) is 8.42 Å². The maximum atomic E-state index is 13.1. The van der Waals surface area contributed by atoms with Gasteiger partial charge in [-0.15, -0.1) is 0 Å². The van der Waals surface area contributed by atoms with E-state index in [1.165, 1.54) is 25.3 Å². The van der Waals surface area contributed by atoms with Crippen molar-refractivity contribution in [1.82, 2.24) is 4.72 Å². The topological polar surface area (TPSA) is 84.5 Å². The average molecular weight is 459 g/mol. The normalized spacial score (nSPS) is 12.2. The van der Waals surface area contributed by atoms with Gasteiger partial charge in [0.2, 0.25) is 15.9 Å². The van der Waals surface area contributed by atoms with Gasteiger partial charge in [-0.05, 0) is 49.2 Å². The molecule has 0 radical (unpaired) electrons. The third-order valence-corrected chi connectivity index (χ3v) is 6.36. The summed E-state index contributed by atoms with van der Waals surface area (Å²) in [5, 5.41) is 3.02. The van der Waals surface area contributed by atoms with Crippen molar-refractivity contribution < 1.29 is 17.9 Å². The molecule has 0 saturated carbocycles. The zero-order valence-corrected chi connectivity index (χ0v) is 18.7. The van der Waals surface area contributed by atoms with E-state index in [1.807, 2.05) is 49.4 Å². The predicted molar refractivity (Wildman–Crippen MR) is 122 cm³/mol. The number of rotatable bonds is 8. The molecule has 0 saturated heterocycles. The van der Waals surface area contributed by atoms with Crippen molar-refractivity contribution in [3.8, 4) is 5.75 Å². The van der Waals surface area contributed by atoms with Crippen LogP contribution in [0.2, 0.25) is 5.02 Å². The Labute approximate surface area is 187 Å². The lowest BCUT2D eigenvalue weighted by Gasteiger charge is -2.20. The van der Waals surface area contributed by atoms with Gasteiger partial charge in [0, 0.05) is 10.7 Å². The van der Waals surface area contributed by atoms with Gasteiger partial charge in [-0.3, -0.25) is 4.79 Å². The van der Waals surface area contributed by atoms with Crippen LogP contribution in [0.4, 0.5) is 5.69 Å². The zero-order chi connectivity index (χ0) is 22.4. The third kappa shape index (κ3) is 6.07. The first-order valence-corrected chi connectivity index (χ1v) is 11.4. The highest BCUT2D eigenvalue weighted by Crippen LogP contribution is 2.27. The summed E-state index contributed by atoms with van der Waals surface area (Å²) >= 11 is 6.00. The molecule has 0 fully saturated rings. The summed E-state index contributed by atoms with van der Waals surface area (Å²) in [5.41, 5.74) is 2.44. The fourth-order valence-corrected chi connectivity index (χ4v) is 4.64. The fourth-order valence-electron chi connectivity index (χ4n) is 3.02. The Bertz CT molecular complexity index is 1150. The van der Waals surface area contributed by atoms with E-state index in [-0.39, 0.29) is 22.1 Å². The van der Waals surface area contributed by atoms with Crippen LogP contribution in [0.25, 0.3) is 0 Å². The zero-order valence-electron chi connectivity index (χ0n) is 17.1. The molecule has 0 aromatic heterocycles. The second kappa shape index (κ2) is 9.96. The minimum atomic E-state index is -4.11. The number of sulfonamides is 1. The molecule has 3 aromatic carbocycles. The second-order valence-electron chi connectivity index (χ2n) is 7.01. The van der Waals surface area contributed by atoms with E-state index in [0.717, 1.165) is 11.1 Å². The number of hydrogen-bond acceptors (Lipinski definition) is 4. The van der Waals surface area contributed by atoms with Crippen molar-refractivity contribution in [2.24, 2.45) is 0 Å². The summed E-state index contributed by atoms with van der Waals surface area (Å²) in [6.07, 6.45) is 0.167. The molecule has 3 rings (SSSR count). The van der Waals surface area contributed by atoms with E-state index in [4.69, 9.17) is 16.3 Å². The van der Waals surface area contributed by atoms with E-state index in [0.29, 0.717) is 5.69 Å². The van der Waals surface area contributed by atoms with E-state index in [9.17, 15) is 13.2 Å². The molecule has 2 N–H and O–H groups in total. The molecule has 0 spiro atoms. The molecule has 0 aliphatic rings. The number of ether oxygens (including phenoxy) is 1. The smallest absolute Gasteiger partial charge is 0.245 e. The average Bonchev–Trinajstić information content (AvgIpc) is 2.75. The number of nitrogens with one attached hydrogen (secondary N) is 2. The van der Waals surface area contributed by atoms with Crippen LogP contribution in [0.5, 0.6) is 5.75 Å². The number of carbonyl (C=O) groups is 1. The molecule has 1 unspecified atom stereocenters. The molecule has 1 amide bonds. The molecule has 0 aliphatic heterocycles. The first-order valence-electron chi connectivity index (χ1n) is 9.56. The minimum Gasteiger partial charge on any atom is -0.495 e. The number of benzene rings is 3. The summed E-state index contributed by atoms with van der Waals surface area (Å²) < 4.78 is 34.0. The van der Waals surface area contributed by atoms with E-state index < -0.39 is 22.0 Å². The van der Waals surface area contributed by atoms with Gasteiger partial charge in [0.15, 0.2) is 0 Å². The van der Waals surface area contributed by atoms with Gasteiger partial charge < -0.3 is 10.1 Å². The number of aryl methyl sites for hydroxylation is 1. The highest BCUT2D eigenvalue weighted by molar-refractivity contribution is 7.89. The Morgan fingerprint density at radius 3 is 2.35 bits per heavy atom. The lowest BCUT2D eigenvalue weighted by Crippen LogP contribution is -2.45.